The number of ether oxygens (including phenoxy) is 1. The second-order valence-corrected chi connectivity index (χ2v) is 11.3. The molecule has 0 unspecified atom stereocenters. The molecular weight excluding hydrogens is 496 g/mol. The van der Waals surface area contributed by atoms with Crippen LogP contribution in [0.4, 0.5) is 21.9 Å². The number of anilines is 3. The zero-order chi connectivity index (χ0) is 26.1. The van der Waals surface area contributed by atoms with E-state index >= 15 is 0 Å². The third-order valence-electron chi connectivity index (χ3n) is 5.22. The molecule has 12 heteroatoms. The van der Waals surface area contributed by atoms with Gasteiger partial charge in [0.15, 0.2) is 0 Å². The lowest BCUT2D eigenvalue weighted by Gasteiger charge is -2.30. The van der Waals surface area contributed by atoms with Crippen LogP contribution >= 0.6 is 11.6 Å². The van der Waals surface area contributed by atoms with Crippen LogP contribution in [-0.4, -0.2) is 46.2 Å². The van der Waals surface area contributed by atoms with Crippen LogP contribution in [0.15, 0.2) is 30.3 Å². The fourth-order valence-corrected chi connectivity index (χ4v) is 4.44. The van der Waals surface area contributed by atoms with Crippen molar-refractivity contribution in [2.45, 2.75) is 32.6 Å². The molecule has 1 fully saturated rings. The van der Waals surface area contributed by atoms with Crippen molar-refractivity contribution in [3.8, 4) is 5.75 Å². The van der Waals surface area contributed by atoms with Gasteiger partial charge in [0.05, 0.1) is 29.6 Å². The number of halogens is 1. The van der Waals surface area contributed by atoms with Crippen LogP contribution < -0.4 is 25.0 Å². The molecule has 35 heavy (non-hydrogen) atoms. The average molecular weight is 523 g/mol. The van der Waals surface area contributed by atoms with Crippen molar-refractivity contribution >= 4 is 56.5 Å². The first-order valence-electron chi connectivity index (χ1n) is 10.6. The quantitative estimate of drug-likeness (QED) is 0.529. The van der Waals surface area contributed by atoms with Crippen LogP contribution in [0.5, 0.6) is 5.75 Å². The van der Waals surface area contributed by atoms with E-state index in [1.54, 1.807) is 12.1 Å². The lowest BCUT2D eigenvalue weighted by atomic mass is 9.85. The zero-order valence-electron chi connectivity index (χ0n) is 20.0. The number of imide groups is 1. The number of hydrogen-bond acceptors (Lipinski definition) is 6. The van der Waals surface area contributed by atoms with Crippen molar-refractivity contribution in [1.29, 1.82) is 0 Å². The molecule has 1 aliphatic heterocycles. The minimum absolute atomic E-state index is 0.0382. The third-order valence-corrected chi connectivity index (χ3v) is 6.14. The van der Waals surface area contributed by atoms with Gasteiger partial charge in [-0.3, -0.25) is 24.5 Å². The third kappa shape index (κ3) is 6.23. The van der Waals surface area contributed by atoms with Gasteiger partial charge < -0.3 is 10.1 Å². The van der Waals surface area contributed by atoms with Crippen LogP contribution in [0.25, 0.3) is 0 Å². The van der Waals surface area contributed by atoms with E-state index in [1.165, 1.54) is 30.2 Å². The van der Waals surface area contributed by atoms with Gasteiger partial charge in [0.2, 0.25) is 15.9 Å². The molecule has 0 spiro atoms. The minimum atomic E-state index is -3.51. The highest BCUT2D eigenvalue weighted by Gasteiger charge is 2.29. The Morgan fingerprint density at radius 3 is 2.40 bits per heavy atom. The average Bonchev–Trinajstić information content (AvgIpc) is 2.71. The maximum Gasteiger partial charge on any atom is 0.328 e. The Bertz CT molecular complexity index is 1300. The van der Waals surface area contributed by atoms with Gasteiger partial charge in [0, 0.05) is 29.9 Å². The van der Waals surface area contributed by atoms with E-state index in [9.17, 15) is 22.8 Å². The summed E-state index contributed by atoms with van der Waals surface area (Å²) in [7, 11) is -2.03. The van der Waals surface area contributed by atoms with Crippen LogP contribution in [0.1, 0.15) is 43.1 Å². The summed E-state index contributed by atoms with van der Waals surface area (Å²) in [5.74, 6) is -0.503. The van der Waals surface area contributed by atoms with Crippen molar-refractivity contribution in [2.75, 3.05) is 34.8 Å². The number of rotatable bonds is 6. The molecule has 188 valence electrons. The summed E-state index contributed by atoms with van der Waals surface area (Å²) in [6.45, 7) is 6.08. The molecule has 2 aromatic rings. The van der Waals surface area contributed by atoms with E-state index in [4.69, 9.17) is 16.3 Å². The Kier molecular flexibility index (Phi) is 7.32. The summed E-state index contributed by atoms with van der Waals surface area (Å²) >= 11 is 6.26. The highest BCUT2D eigenvalue weighted by molar-refractivity contribution is 7.92. The highest BCUT2D eigenvalue weighted by atomic mass is 35.5. The van der Waals surface area contributed by atoms with Gasteiger partial charge in [-0.05, 0) is 35.7 Å². The molecule has 0 aromatic heterocycles. The molecule has 2 aromatic carbocycles. The van der Waals surface area contributed by atoms with Crippen molar-refractivity contribution < 1.29 is 27.5 Å². The molecule has 1 saturated heterocycles. The minimum Gasteiger partial charge on any atom is -0.494 e. The van der Waals surface area contributed by atoms with Gasteiger partial charge in [0.25, 0.3) is 5.91 Å². The number of sulfonamides is 1. The van der Waals surface area contributed by atoms with E-state index < -0.39 is 27.4 Å². The molecule has 0 radical (unpaired) electrons. The molecule has 3 N–H and O–H groups in total. The van der Waals surface area contributed by atoms with Gasteiger partial charge >= 0.3 is 6.03 Å². The van der Waals surface area contributed by atoms with E-state index in [0.29, 0.717) is 17.1 Å². The smallest absolute Gasteiger partial charge is 0.328 e. The first-order valence-corrected chi connectivity index (χ1v) is 12.9. The number of amides is 4. The summed E-state index contributed by atoms with van der Waals surface area (Å²) in [6, 6.07) is 6.99. The number of methoxy groups -OCH3 is 1. The fraction of sp³-hybridized carbons (Fsp3) is 0.348. The SMILES string of the molecule is COc1c(NC(=O)c2ccc(NS(C)(=O)=O)cc2Cl)cc(N2CCC(=O)NC2=O)cc1C(C)(C)C. The van der Waals surface area contributed by atoms with Gasteiger partial charge in [0.1, 0.15) is 5.75 Å². The molecule has 0 aliphatic carbocycles. The summed E-state index contributed by atoms with van der Waals surface area (Å²) < 4.78 is 30.9. The van der Waals surface area contributed by atoms with Gasteiger partial charge in [-0.1, -0.05) is 32.4 Å². The molecule has 3 rings (SSSR count). The summed E-state index contributed by atoms with van der Waals surface area (Å²) in [5.41, 5.74) is 1.43. The molecule has 0 atom stereocenters. The van der Waals surface area contributed by atoms with Crippen molar-refractivity contribution in [1.82, 2.24) is 5.32 Å². The predicted octanol–water partition coefficient (Wildman–Crippen LogP) is 3.72. The Balaban J connectivity index is 2.02. The maximum atomic E-state index is 13.1. The highest BCUT2D eigenvalue weighted by Crippen LogP contribution is 2.41. The number of hydrogen-bond donors (Lipinski definition) is 3. The van der Waals surface area contributed by atoms with Crippen LogP contribution in [-0.2, 0) is 20.2 Å². The maximum absolute atomic E-state index is 13.1. The van der Waals surface area contributed by atoms with E-state index in [0.717, 1.165) is 11.8 Å². The fourth-order valence-electron chi connectivity index (χ4n) is 3.62. The lowest BCUT2D eigenvalue weighted by molar-refractivity contribution is -0.120. The molecular formula is C23H27ClN4O6S. The van der Waals surface area contributed by atoms with Crippen molar-refractivity contribution in [2.24, 2.45) is 0 Å². The second kappa shape index (κ2) is 9.74. The standard InChI is InChI=1S/C23H27ClN4O6S/c1-23(2,3)16-11-14(28-9-8-19(29)26-22(28)31)12-18(20(16)34-4)25-21(30)15-7-6-13(10-17(15)24)27-35(5,32)33/h6-7,10-12,27H,8-9H2,1-5H3,(H,25,30)(H,26,29,31). The first-order chi connectivity index (χ1) is 16.2. The Morgan fingerprint density at radius 2 is 1.86 bits per heavy atom. The lowest BCUT2D eigenvalue weighted by Crippen LogP contribution is -2.49. The molecule has 10 nitrogen and oxygen atoms in total. The number of benzene rings is 2. The van der Waals surface area contributed by atoms with Crippen molar-refractivity contribution in [3.05, 3.63) is 46.5 Å². The first kappa shape index (κ1) is 26.3. The number of nitrogens with one attached hydrogen (secondary N) is 3. The molecule has 1 aliphatic rings. The largest absolute Gasteiger partial charge is 0.494 e. The van der Waals surface area contributed by atoms with Crippen LogP contribution in [0.2, 0.25) is 5.02 Å². The summed E-state index contributed by atoms with van der Waals surface area (Å²) in [4.78, 5) is 38.6. The number of carbonyl (C=O) groups excluding carboxylic acids is 3. The van der Waals surface area contributed by atoms with Crippen LogP contribution in [0, 0.1) is 0 Å². The summed E-state index contributed by atoms with van der Waals surface area (Å²) in [6.07, 6.45) is 1.15. The number of nitrogens with zero attached hydrogens (tertiary/aromatic N) is 1. The Labute approximate surface area is 209 Å². The topological polar surface area (TPSA) is 134 Å². The normalized spacial score (nSPS) is 14.4. The van der Waals surface area contributed by atoms with Crippen molar-refractivity contribution in [3.63, 3.8) is 0 Å². The number of carbonyl (C=O) groups is 3. The Morgan fingerprint density at radius 1 is 1.17 bits per heavy atom. The van der Waals surface area contributed by atoms with E-state index in [1.807, 2.05) is 20.8 Å². The Hall–Kier alpha value is -3.31. The molecule has 4 amide bonds. The van der Waals surface area contributed by atoms with Crippen LogP contribution in [0.3, 0.4) is 0 Å². The van der Waals surface area contributed by atoms with E-state index in [-0.39, 0.29) is 35.1 Å². The monoisotopic (exact) mass is 522 g/mol. The number of urea groups is 1. The molecule has 1 heterocycles. The zero-order valence-corrected chi connectivity index (χ0v) is 21.6. The molecule has 0 saturated carbocycles. The van der Waals surface area contributed by atoms with Gasteiger partial charge in [-0.15, -0.1) is 0 Å². The predicted molar refractivity (Wildman–Crippen MR) is 135 cm³/mol. The van der Waals surface area contributed by atoms with E-state index in [2.05, 4.69) is 15.4 Å². The molecule has 0 bridgehead atoms. The van der Waals surface area contributed by atoms with Gasteiger partial charge in [-0.2, -0.15) is 0 Å². The van der Waals surface area contributed by atoms with Gasteiger partial charge in [-0.25, -0.2) is 13.2 Å². The second-order valence-electron chi connectivity index (χ2n) is 9.10. The summed E-state index contributed by atoms with van der Waals surface area (Å²) in [5, 5.41) is 5.12.